The van der Waals surface area contributed by atoms with E-state index in [-0.39, 0.29) is 5.69 Å². The number of carbonyl (C=O) groups excluding carboxylic acids is 2. The first-order valence-electron chi connectivity index (χ1n) is 6.80. The highest BCUT2D eigenvalue weighted by molar-refractivity contribution is 6.35. The maximum absolute atomic E-state index is 13.4. The second kappa shape index (κ2) is 8.47. The van der Waals surface area contributed by atoms with E-state index in [1.807, 2.05) is 0 Å². The summed E-state index contributed by atoms with van der Waals surface area (Å²) in [7, 11) is 0. The molecular weight excluding hydrogens is 356 g/mol. The number of ether oxygens (including phenoxy) is 1. The average molecular weight is 368 g/mol. The molecule has 0 radical (unpaired) electrons. The molecule has 1 amide bonds. The highest BCUT2D eigenvalue weighted by Gasteiger charge is 2.08. The predicted molar refractivity (Wildman–Crippen MR) is 91.5 cm³/mol. The van der Waals surface area contributed by atoms with Gasteiger partial charge < -0.3 is 10.1 Å². The zero-order valence-corrected chi connectivity index (χ0v) is 13.8. The van der Waals surface area contributed by atoms with Gasteiger partial charge in [-0.1, -0.05) is 41.4 Å². The van der Waals surface area contributed by atoms with Crippen molar-refractivity contribution >= 4 is 46.8 Å². The van der Waals surface area contributed by atoms with Gasteiger partial charge in [-0.05, 0) is 35.9 Å². The number of hydrogen-bond donors (Lipinski definition) is 1. The summed E-state index contributed by atoms with van der Waals surface area (Å²) in [6.45, 7) is -0.536. The molecule has 0 atom stereocenters. The number of rotatable bonds is 5. The zero-order valence-electron chi connectivity index (χ0n) is 12.3. The molecule has 0 aliphatic carbocycles. The van der Waals surface area contributed by atoms with Gasteiger partial charge in [0.15, 0.2) is 6.61 Å². The van der Waals surface area contributed by atoms with E-state index in [2.05, 4.69) is 5.32 Å². The summed E-state index contributed by atoms with van der Waals surface area (Å²) in [6.07, 6.45) is 2.57. The zero-order chi connectivity index (χ0) is 17.5. The van der Waals surface area contributed by atoms with Crippen LogP contribution in [0, 0.1) is 5.82 Å². The van der Waals surface area contributed by atoms with Crippen LogP contribution < -0.4 is 5.32 Å². The highest BCUT2D eigenvalue weighted by Crippen LogP contribution is 2.22. The van der Waals surface area contributed by atoms with Crippen LogP contribution >= 0.6 is 23.2 Å². The van der Waals surface area contributed by atoms with E-state index in [1.54, 1.807) is 18.2 Å². The van der Waals surface area contributed by atoms with Crippen molar-refractivity contribution in [3.63, 3.8) is 0 Å². The number of nitrogens with one attached hydrogen (secondary N) is 1. The van der Waals surface area contributed by atoms with E-state index in [4.69, 9.17) is 27.9 Å². The number of esters is 1. The summed E-state index contributed by atoms with van der Waals surface area (Å²) < 4.78 is 18.1. The lowest BCUT2D eigenvalue weighted by Crippen LogP contribution is -2.20. The molecule has 0 aromatic heterocycles. The maximum Gasteiger partial charge on any atom is 0.331 e. The molecule has 0 aliphatic rings. The normalized spacial score (nSPS) is 10.6. The third-order valence-corrected chi connectivity index (χ3v) is 3.42. The van der Waals surface area contributed by atoms with Crippen LogP contribution in [0.4, 0.5) is 10.1 Å². The van der Waals surface area contributed by atoms with Crippen molar-refractivity contribution in [2.45, 2.75) is 0 Å². The molecule has 0 unspecified atom stereocenters. The molecule has 124 valence electrons. The largest absolute Gasteiger partial charge is 0.452 e. The van der Waals surface area contributed by atoms with Gasteiger partial charge in [-0.2, -0.15) is 0 Å². The summed E-state index contributed by atoms with van der Waals surface area (Å²) in [5, 5.41) is 3.16. The van der Waals surface area contributed by atoms with Gasteiger partial charge in [0.25, 0.3) is 5.91 Å². The van der Waals surface area contributed by atoms with Gasteiger partial charge >= 0.3 is 5.97 Å². The Balaban J connectivity index is 1.85. The summed E-state index contributed by atoms with van der Waals surface area (Å²) in [4.78, 5) is 23.2. The van der Waals surface area contributed by atoms with Crippen LogP contribution in [0.2, 0.25) is 10.0 Å². The van der Waals surface area contributed by atoms with Crippen LogP contribution in [0.1, 0.15) is 5.56 Å². The standard InChI is InChI=1S/C17H12Cl2FNO3/c18-12-7-5-11(13(19)9-12)6-8-17(23)24-10-16(22)21-15-4-2-1-3-14(15)20/h1-9H,10H2,(H,21,22)/b8-6+. The molecule has 24 heavy (non-hydrogen) atoms. The molecule has 2 rings (SSSR count). The average Bonchev–Trinajstić information content (AvgIpc) is 2.54. The first-order chi connectivity index (χ1) is 11.5. The van der Waals surface area contributed by atoms with Gasteiger partial charge in [0.1, 0.15) is 5.82 Å². The van der Waals surface area contributed by atoms with Crippen LogP contribution in [-0.2, 0) is 14.3 Å². The minimum absolute atomic E-state index is 0.0158. The van der Waals surface area contributed by atoms with E-state index >= 15 is 0 Å². The predicted octanol–water partition coefficient (Wildman–Crippen LogP) is 4.33. The Morgan fingerprint density at radius 3 is 2.62 bits per heavy atom. The summed E-state index contributed by atoms with van der Waals surface area (Å²) >= 11 is 11.7. The third-order valence-electron chi connectivity index (χ3n) is 2.85. The third kappa shape index (κ3) is 5.37. The number of amides is 1. The summed E-state index contributed by atoms with van der Waals surface area (Å²) in [5.41, 5.74) is 0.593. The number of hydrogen-bond acceptors (Lipinski definition) is 3. The minimum atomic E-state index is -0.732. The fourth-order valence-corrected chi connectivity index (χ4v) is 2.20. The fraction of sp³-hybridized carbons (Fsp3) is 0.0588. The van der Waals surface area contributed by atoms with Crippen molar-refractivity contribution < 1.29 is 18.7 Å². The number of carbonyl (C=O) groups is 2. The molecular formula is C17H12Cl2FNO3. The first kappa shape index (κ1) is 18.0. The Labute approximate surface area is 147 Å². The lowest BCUT2D eigenvalue weighted by molar-refractivity contribution is -0.142. The van der Waals surface area contributed by atoms with Crippen LogP contribution in [0.3, 0.4) is 0 Å². The smallest absolute Gasteiger partial charge is 0.331 e. The molecule has 7 heteroatoms. The van der Waals surface area contributed by atoms with Crippen LogP contribution in [0.25, 0.3) is 6.08 Å². The van der Waals surface area contributed by atoms with Crippen molar-refractivity contribution in [2.24, 2.45) is 0 Å². The Morgan fingerprint density at radius 2 is 1.92 bits per heavy atom. The van der Waals surface area contributed by atoms with Crippen molar-refractivity contribution in [2.75, 3.05) is 11.9 Å². The molecule has 0 aliphatic heterocycles. The van der Waals surface area contributed by atoms with E-state index in [0.717, 1.165) is 6.08 Å². The Bertz CT molecular complexity index is 793. The molecule has 0 saturated heterocycles. The highest BCUT2D eigenvalue weighted by atomic mass is 35.5. The van der Waals surface area contributed by atoms with Gasteiger partial charge in [-0.15, -0.1) is 0 Å². The molecule has 2 aromatic carbocycles. The van der Waals surface area contributed by atoms with Crippen LogP contribution in [-0.4, -0.2) is 18.5 Å². The first-order valence-corrected chi connectivity index (χ1v) is 7.55. The fourth-order valence-electron chi connectivity index (χ4n) is 1.73. The Morgan fingerprint density at radius 1 is 1.17 bits per heavy atom. The Hall–Kier alpha value is -2.37. The van der Waals surface area contributed by atoms with Crippen LogP contribution in [0.5, 0.6) is 0 Å². The molecule has 0 saturated carbocycles. The van der Waals surface area contributed by atoms with Crippen molar-refractivity contribution in [3.05, 3.63) is 70.0 Å². The van der Waals surface area contributed by atoms with Gasteiger partial charge in [0, 0.05) is 16.1 Å². The molecule has 0 fully saturated rings. The quantitative estimate of drug-likeness (QED) is 0.632. The number of benzene rings is 2. The Kier molecular flexibility index (Phi) is 6.35. The lowest BCUT2D eigenvalue weighted by Gasteiger charge is -2.06. The van der Waals surface area contributed by atoms with E-state index in [0.29, 0.717) is 15.6 Å². The number of anilines is 1. The molecule has 0 heterocycles. The monoisotopic (exact) mass is 367 g/mol. The second-order valence-corrected chi connectivity index (χ2v) is 5.48. The molecule has 0 spiro atoms. The summed E-state index contributed by atoms with van der Waals surface area (Å²) in [6, 6.07) is 10.5. The van der Waals surface area contributed by atoms with E-state index in [9.17, 15) is 14.0 Å². The lowest BCUT2D eigenvalue weighted by atomic mass is 10.2. The topological polar surface area (TPSA) is 55.4 Å². The molecule has 0 bridgehead atoms. The minimum Gasteiger partial charge on any atom is -0.452 e. The van der Waals surface area contributed by atoms with E-state index in [1.165, 1.54) is 30.3 Å². The molecule has 1 N–H and O–H groups in total. The number of para-hydroxylation sites is 1. The van der Waals surface area contributed by atoms with Crippen molar-refractivity contribution in [1.82, 2.24) is 0 Å². The van der Waals surface area contributed by atoms with Crippen LogP contribution in [0.15, 0.2) is 48.5 Å². The SMILES string of the molecule is O=C(COC(=O)/C=C/c1ccc(Cl)cc1Cl)Nc1ccccc1F. The van der Waals surface area contributed by atoms with Crippen molar-refractivity contribution in [3.8, 4) is 0 Å². The molecule has 4 nitrogen and oxygen atoms in total. The molecule has 2 aromatic rings. The van der Waals surface area contributed by atoms with E-state index < -0.39 is 24.3 Å². The van der Waals surface area contributed by atoms with Gasteiger partial charge in [-0.3, -0.25) is 4.79 Å². The second-order valence-electron chi connectivity index (χ2n) is 4.63. The van der Waals surface area contributed by atoms with Gasteiger partial charge in [0.2, 0.25) is 0 Å². The van der Waals surface area contributed by atoms with Gasteiger partial charge in [0.05, 0.1) is 5.69 Å². The van der Waals surface area contributed by atoms with Crippen molar-refractivity contribution in [1.29, 1.82) is 0 Å². The van der Waals surface area contributed by atoms with Gasteiger partial charge in [-0.25, -0.2) is 9.18 Å². The summed E-state index contributed by atoms with van der Waals surface area (Å²) in [5.74, 6) is -1.95. The number of halogens is 3. The maximum atomic E-state index is 13.4.